The molecule has 1 heterocycles. The molecule has 0 aliphatic rings. The van der Waals surface area contributed by atoms with Gasteiger partial charge in [0, 0.05) is 16.5 Å². The van der Waals surface area contributed by atoms with Gasteiger partial charge in [0.1, 0.15) is 11.0 Å². The molecule has 1 aromatic heterocycles. The van der Waals surface area contributed by atoms with Crippen LogP contribution in [0.2, 0.25) is 5.15 Å². The second-order valence-electron chi connectivity index (χ2n) is 6.81. The van der Waals surface area contributed by atoms with Crippen molar-refractivity contribution in [3.63, 3.8) is 0 Å². The lowest BCUT2D eigenvalue weighted by molar-refractivity contribution is 0.545. The van der Waals surface area contributed by atoms with Crippen LogP contribution in [0.1, 0.15) is 48.8 Å². The summed E-state index contributed by atoms with van der Waals surface area (Å²) in [6.07, 6.45) is 0. The van der Waals surface area contributed by atoms with Gasteiger partial charge in [-0.25, -0.2) is 9.97 Å². The van der Waals surface area contributed by atoms with Crippen molar-refractivity contribution in [1.82, 2.24) is 9.97 Å². The molecule has 0 spiro atoms. The molecule has 0 atom stereocenters. The standard InChI is InChI=1S/C18H23ClN2/c1-10-8-12(3)14(9-11(10)2)15-13(4)16(19)21-17(20-15)18(5,6)7/h8-9H,1-7H3. The van der Waals surface area contributed by atoms with E-state index in [-0.39, 0.29) is 5.41 Å². The molecule has 0 bridgehead atoms. The molecular formula is C18H23ClN2. The van der Waals surface area contributed by atoms with E-state index in [0.717, 1.165) is 22.6 Å². The van der Waals surface area contributed by atoms with Gasteiger partial charge in [0.05, 0.1) is 5.69 Å². The largest absolute Gasteiger partial charge is 0.232 e. The van der Waals surface area contributed by atoms with E-state index >= 15 is 0 Å². The number of nitrogens with zero attached hydrogens (tertiary/aromatic N) is 2. The Hall–Kier alpha value is -1.41. The molecule has 0 saturated heterocycles. The molecule has 0 amide bonds. The molecule has 0 radical (unpaired) electrons. The summed E-state index contributed by atoms with van der Waals surface area (Å²) in [6.45, 7) is 14.7. The van der Waals surface area contributed by atoms with Gasteiger partial charge < -0.3 is 0 Å². The molecule has 0 fully saturated rings. The maximum atomic E-state index is 6.35. The number of hydrogen-bond acceptors (Lipinski definition) is 2. The lowest BCUT2D eigenvalue weighted by Gasteiger charge is -2.20. The molecule has 112 valence electrons. The molecule has 1 aromatic carbocycles. The fraction of sp³-hybridized carbons (Fsp3) is 0.444. The summed E-state index contributed by atoms with van der Waals surface area (Å²) >= 11 is 6.35. The molecule has 0 aliphatic carbocycles. The summed E-state index contributed by atoms with van der Waals surface area (Å²) in [5, 5.41) is 0.544. The van der Waals surface area contributed by atoms with Gasteiger partial charge in [-0.2, -0.15) is 0 Å². The normalized spacial score (nSPS) is 11.8. The van der Waals surface area contributed by atoms with Gasteiger partial charge in [0.25, 0.3) is 0 Å². The van der Waals surface area contributed by atoms with Gasteiger partial charge >= 0.3 is 0 Å². The number of aromatic nitrogens is 2. The van der Waals surface area contributed by atoms with E-state index in [1.165, 1.54) is 16.7 Å². The van der Waals surface area contributed by atoms with Gasteiger partial charge in [0.2, 0.25) is 0 Å². The van der Waals surface area contributed by atoms with E-state index in [1.54, 1.807) is 0 Å². The molecular weight excluding hydrogens is 280 g/mol. The zero-order valence-electron chi connectivity index (χ0n) is 13.9. The highest BCUT2D eigenvalue weighted by Gasteiger charge is 2.21. The molecule has 3 heteroatoms. The third kappa shape index (κ3) is 3.11. The zero-order chi connectivity index (χ0) is 15.9. The van der Waals surface area contributed by atoms with E-state index < -0.39 is 0 Å². The summed E-state index contributed by atoms with van der Waals surface area (Å²) < 4.78 is 0. The van der Waals surface area contributed by atoms with Crippen molar-refractivity contribution < 1.29 is 0 Å². The van der Waals surface area contributed by atoms with Crippen LogP contribution in [0.4, 0.5) is 0 Å². The highest BCUT2D eigenvalue weighted by Crippen LogP contribution is 2.32. The quantitative estimate of drug-likeness (QED) is 0.666. The third-order valence-electron chi connectivity index (χ3n) is 3.85. The molecule has 2 rings (SSSR count). The van der Waals surface area contributed by atoms with Gasteiger partial charge in [-0.15, -0.1) is 0 Å². The fourth-order valence-corrected chi connectivity index (χ4v) is 2.47. The second-order valence-corrected chi connectivity index (χ2v) is 7.17. The predicted octanol–water partition coefficient (Wildman–Crippen LogP) is 5.33. The average Bonchev–Trinajstić information content (AvgIpc) is 2.36. The Morgan fingerprint density at radius 3 is 2.00 bits per heavy atom. The number of aryl methyl sites for hydroxylation is 3. The molecule has 0 unspecified atom stereocenters. The predicted molar refractivity (Wildman–Crippen MR) is 90.1 cm³/mol. The van der Waals surface area contributed by atoms with E-state index in [1.807, 2.05) is 6.92 Å². The Bertz CT molecular complexity index is 697. The Kier molecular flexibility index (Phi) is 4.12. The van der Waals surface area contributed by atoms with E-state index in [2.05, 4.69) is 58.7 Å². The number of halogens is 1. The second kappa shape index (κ2) is 5.42. The van der Waals surface area contributed by atoms with Crippen LogP contribution in [-0.4, -0.2) is 9.97 Å². The minimum absolute atomic E-state index is 0.125. The topological polar surface area (TPSA) is 25.8 Å². The maximum absolute atomic E-state index is 6.35. The highest BCUT2D eigenvalue weighted by atomic mass is 35.5. The van der Waals surface area contributed by atoms with Crippen LogP contribution >= 0.6 is 11.6 Å². The third-order valence-corrected chi connectivity index (χ3v) is 4.22. The van der Waals surface area contributed by atoms with Gasteiger partial charge in [-0.3, -0.25) is 0 Å². The summed E-state index contributed by atoms with van der Waals surface area (Å²) in [5.41, 5.74) is 6.68. The molecule has 2 nitrogen and oxygen atoms in total. The van der Waals surface area contributed by atoms with E-state index in [9.17, 15) is 0 Å². The monoisotopic (exact) mass is 302 g/mol. The molecule has 0 N–H and O–H groups in total. The van der Waals surface area contributed by atoms with Gasteiger partial charge in [-0.1, -0.05) is 38.4 Å². The summed E-state index contributed by atoms with van der Waals surface area (Å²) in [4.78, 5) is 9.26. The number of rotatable bonds is 1. The Labute approximate surface area is 132 Å². The van der Waals surface area contributed by atoms with Crippen molar-refractivity contribution in [2.45, 2.75) is 53.9 Å². The first-order valence-corrected chi connectivity index (χ1v) is 7.62. The molecule has 0 aliphatic heterocycles. The van der Waals surface area contributed by atoms with Crippen LogP contribution in [0, 0.1) is 27.7 Å². The maximum Gasteiger partial charge on any atom is 0.136 e. The minimum atomic E-state index is -0.125. The van der Waals surface area contributed by atoms with Crippen molar-refractivity contribution in [1.29, 1.82) is 0 Å². The van der Waals surface area contributed by atoms with Crippen molar-refractivity contribution in [3.05, 3.63) is 45.4 Å². The lowest BCUT2D eigenvalue weighted by Crippen LogP contribution is -2.17. The Morgan fingerprint density at radius 2 is 1.43 bits per heavy atom. The van der Waals surface area contributed by atoms with Crippen LogP contribution in [-0.2, 0) is 5.41 Å². The Morgan fingerprint density at radius 1 is 0.857 bits per heavy atom. The fourth-order valence-electron chi connectivity index (χ4n) is 2.30. The number of benzene rings is 1. The van der Waals surface area contributed by atoms with E-state index in [0.29, 0.717) is 5.15 Å². The lowest BCUT2D eigenvalue weighted by atomic mass is 9.93. The van der Waals surface area contributed by atoms with Crippen LogP contribution in [0.3, 0.4) is 0 Å². The van der Waals surface area contributed by atoms with Crippen molar-refractivity contribution in [2.24, 2.45) is 0 Å². The van der Waals surface area contributed by atoms with Crippen molar-refractivity contribution >= 4 is 11.6 Å². The Balaban J connectivity index is 2.75. The summed E-state index contributed by atoms with van der Waals surface area (Å²) in [7, 11) is 0. The van der Waals surface area contributed by atoms with Gasteiger partial charge in [-0.05, 0) is 50.5 Å². The van der Waals surface area contributed by atoms with E-state index in [4.69, 9.17) is 16.6 Å². The van der Waals surface area contributed by atoms with Crippen molar-refractivity contribution in [2.75, 3.05) is 0 Å². The zero-order valence-corrected chi connectivity index (χ0v) is 14.7. The average molecular weight is 303 g/mol. The smallest absolute Gasteiger partial charge is 0.136 e. The molecule has 2 aromatic rings. The molecule has 0 saturated carbocycles. The first-order chi connectivity index (χ1) is 9.61. The van der Waals surface area contributed by atoms with Crippen LogP contribution < -0.4 is 0 Å². The first kappa shape index (κ1) is 16.0. The first-order valence-electron chi connectivity index (χ1n) is 7.24. The minimum Gasteiger partial charge on any atom is -0.232 e. The SMILES string of the molecule is Cc1cc(C)c(-c2nc(C(C)(C)C)nc(Cl)c2C)cc1C. The summed E-state index contributed by atoms with van der Waals surface area (Å²) in [5.74, 6) is 0.783. The van der Waals surface area contributed by atoms with Crippen molar-refractivity contribution in [3.8, 4) is 11.3 Å². The van der Waals surface area contributed by atoms with Crippen LogP contribution in [0.25, 0.3) is 11.3 Å². The summed E-state index contributed by atoms with van der Waals surface area (Å²) in [6, 6.07) is 4.40. The van der Waals surface area contributed by atoms with Crippen LogP contribution in [0.5, 0.6) is 0 Å². The number of hydrogen-bond donors (Lipinski definition) is 0. The highest BCUT2D eigenvalue weighted by molar-refractivity contribution is 6.30. The van der Waals surface area contributed by atoms with Crippen LogP contribution in [0.15, 0.2) is 12.1 Å². The van der Waals surface area contributed by atoms with Gasteiger partial charge in [0.15, 0.2) is 0 Å². The molecule has 21 heavy (non-hydrogen) atoms.